The van der Waals surface area contributed by atoms with E-state index in [0.717, 1.165) is 5.69 Å². The van der Waals surface area contributed by atoms with Crippen LogP contribution in [-0.2, 0) is 13.5 Å². The van der Waals surface area contributed by atoms with Crippen LogP contribution in [0, 0.1) is 0 Å². The highest BCUT2D eigenvalue weighted by Gasteiger charge is 2.21. The van der Waals surface area contributed by atoms with Crippen LogP contribution < -0.4 is 5.32 Å². The maximum Gasteiger partial charge on any atom is 0.354 e. The standard InChI is InChI=1S/C11H13N5O3/c1-3-6-7(4-16(2)15-6)14-10(17)8-9(11(18)19)13-5-12-8/h4-5H,3H2,1-2H3,(H,12,13)(H,14,17)(H,18,19). The molecule has 100 valence electrons. The predicted molar refractivity (Wildman–Crippen MR) is 66.1 cm³/mol. The third-order valence-electron chi connectivity index (χ3n) is 2.56. The van der Waals surface area contributed by atoms with Gasteiger partial charge >= 0.3 is 5.97 Å². The van der Waals surface area contributed by atoms with Crippen molar-refractivity contribution in [3.63, 3.8) is 0 Å². The summed E-state index contributed by atoms with van der Waals surface area (Å²) in [5.41, 5.74) is 0.885. The Morgan fingerprint density at radius 3 is 2.89 bits per heavy atom. The number of carboxylic acids is 1. The van der Waals surface area contributed by atoms with Gasteiger partial charge in [0, 0.05) is 13.2 Å². The number of nitrogens with zero attached hydrogens (tertiary/aromatic N) is 3. The molecular formula is C11H13N5O3. The zero-order valence-electron chi connectivity index (χ0n) is 10.5. The molecule has 2 heterocycles. The first-order chi connectivity index (χ1) is 9.02. The van der Waals surface area contributed by atoms with E-state index in [4.69, 9.17) is 5.11 Å². The maximum absolute atomic E-state index is 12.0. The van der Waals surface area contributed by atoms with E-state index in [2.05, 4.69) is 20.4 Å². The molecule has 2 rings (SSSR count). The number of amides is 1. The Hall–Kier alpha value is -2.64. The highest BCUT2D eigenvalue weighted by molar-refractivity contribution is 6.08. The lowest BCUT2D eigenvalue weighted by Crippen LogP contribution is -2.17. The van der Waals surface area contributed by atoms with Crippen molar-refractivity contribution in [1.29, 1.82) is 0 Å². The third kappa shape index (κ3) is 2.46. The maximum atomic E-state index is 12.0. The first-order valence-electron chi connectivity index (χ1n) is 5.63. The molecule has 0 saturated heterocycles. The largest absolute Gasteiger partial charge is 0.477 e. The quantitative estimate of drug-likeness (QED) is 0.749. The van der Waals surface area contributed by atoms with Crippen LogP contribution in [-0.4, -0.2) is 36.7 Å². The van der Waals surface area contributed by atoms with Gasteiger partial charge in [-0.25, -0.2) is 9.78 Å². The summed E-state index contributed by atoms with van der Waals surface area (Å²) in [6.07, 6.45) is 3.48. The molecule has 0 aliphatic heterocycles. The minimum atomic E-state index is -1.23. The molecule has 0 radical (unpaired) electrons. The van der Waals surface area contributed by atoms with Crippen molar-refractivity contribution >= 4 is 17.6 Å². The summed E-state index contributed by atoms with van der Waals surface area (Å²) in [6.45, 7) is 1.91. The Bertz CT molecular complexity index is 628. The molecule has 8 heteroatoms. The summed E-state index contributed by atoms with van der Waals surface area (Å²) in [4.78, 5) is 29.0. The molecule has 0 saturated carbocycles. The minimum absolute atomic E-state index is 0.154. The normalized spacial score (nSPS) is 10.4. The lowest BCUT2D eigenvalue weighted by Gasteiger charge is -2.02. The number of aromatic amines is 1. The van der Waals surface area contributed by atoms with Crippen LogP contribution in [0.5, 0.6) is 0 Å². The van der Waals surface area contributed by atoms with Crippen LogP contribution in [0.2, 0.25) is 0 Å². The number of hydrogen-bond acceptors (Lipinski definition) is 4. The van der Waals surface area contributed by atoms with Gasteiger partial charge < -0.3 is 15.4 Å². The SMILES string of the molecule is CCc1nn(C)cc1NC(=O)c1nc[nH]c1C(=O)O. The summed E-state index contributed by atoms with van der Waals surface area (Å²) < 4.78 is 1.58. The Balaban J connectivity index is 2.25. The molecule has 2 aromatic heterocycles. The number of nitrogens with one attached hydrogen (secondary N) is 2. The van der Waals surface area contributed by atoms with E-state index in [1.54, 1.807) is 17.9 Å². The Morgan fingerprint density at radius 2 is 2.26 bits per heavy atom. The number of hydrogen-bond donors (Lipinski definition) is 3. The van der Waals surface area contributed by atoms with Gasteiger partial charge in [-0.1, -0.05) is 6.92 Å². The topological polar surface area (TPSA) is 113 Å². The van der Waals surface area contributed by atoms with Gasteiger partial charge in [-0.15, -0.1) is 0 Å². The molecule has 0 aliphatic carbocycles. The zero-order valence-corrected chi connectivity index (χ0v) is 10.5. The molecule has 0 spiro atoms. The van der Waals surface area contributed by atoms with Crippen molar-refractivity contribution in [1.82, 2.24) is 19.7 Å². The first-order valence-corrected chi connectivity index (χ1v) is 5.63. The fourth-order valence-corrected chi connectivity index (χ4v) is 1.71. The molecule has 0 aliphatic rings. The molecule has 0 aromatic carbocycles. The van der Waals surface area contributed by atoms with E-state index in [-0.39, 0.29) is 11.4 Å². The predicted octanol–water partition coefficient (Wildman–Crippen LogP) is 0.656. The minimum Gasteiger partial charge on any atom is -0.477 e. The Labute approximate surface area is 108 Å². The number of H-pyrrole nitrogens is 1. The number of rotatable bonds is 4. The zero-order chi connectivity index (χ0) is 14.0. The fraction of sp³-hybridized carbons (Fsp3) is 0.273. The summed E-state index contributed by atoms with van der Waals surface area (Å²) in [5.74, 6) is -1.81. The first kappa shape index (κ1) is 12.8. The van der Waals surface area contributed by atoms with E-state index >= 15 is 0 Å². The highest BCUT2D eigenvalue weighted by atomic mass is 16.4. The summed E-state index contributed by atoms with van der Waals surface area (Å²) >= 11 is 0. The molecule has 8 nitrogen and oxygen atoms in total. The van der Waals surface area contributed by atoms with Crippen LogP contribution in [0.1, 0.15) is 33.6 Å². The van der Waals surface area contributed by atoms with E-state index < -0.39 is 11.9 Å². The second-order valence-electron chi connectivity index (χ2n) is 3.90. The smallest absolute Gasteiger partial charge is 0.354 e. The third-order valence-corrected chi connectivity index (χ3v) is 2.56. The molecule has 3 N–H and O–H groups in total. The van der Waals surface area contributed by atoms with E-state index in [9.17, 15) is 9.59 Å². The van der Waals surface area contributed by atoms with Crippen LogP contribution >= 0.6 is 0 Å². The molecule has 0 bridgehead atoms. The van der Waals surface area contributed by atoms with E-state index in [1.807, 2.05) is 6.92 Å². The number of anilines is 1. The molecule has 0 atom stereocenters. The van der Waals surface area contributed by atoms with Crippen LogP contribution in [0.25, 0.3) is 0 Å². The van der Waals surface area contributed by atoms with Gasteiger partial charge in [0.25, 0.3) is 5.91 Å². The Kier molecular flexibility index (Phi) is 3.32. The van der Waals surface area contributed by atoms with Crippen LogP contribution in [0.15, 0.2) is 12.5 Å². The van der Waals surface area contributed by atoms with Gasteiger partial charge in [0.2, 0.25) is 0 Å². The van der Waals surface area contributed by atoms with Crippen molar-refractivity contribution in [3.05, 3.63) is 29.6 Å². The molecule has 0 fully saturated rings. The lowest BCUT2D eigenvalue weighted by molar-refractivity contribution is 0.0686. The van der Waals surface area contributed by atoms with Gasteiger partial charge in [-0.05, 0) is 6.42 Å². The van der Waals surface area contributed by atoms with Gasteiger partial charge in [-0.3, -0.25) is 9.48 Å². The summed E-state index contributed by atoms with van der Waals surface area (Å²) in [5, 5.41) is 15.7. The van der Waals surface area contributed by atoms with Crippen LogP contribution in [0.3, 0.4) is 0 Å². The second kappa shape index (κ2) is 4.92. The van der Waals surface area contributed by atoms with Crippen LogP contribution in [0.4, 0.5) is 5.69 Å². The van der Waals surface area contributed by atoms with Gasteiger partial charge in [0.05, 0.1) is 17.7 Å². The average Bonchev–Trinajstić information content (AvgIpc) is 2.95. The number of imidazole rings is 1. The highest BCUT2D eigenvalue weighted by Crippen LogP contribution is 2.15. The summed E-state index contributed by atoms with van der Waals surface area (Å²) in [6, 6.07) is 0. The summed E-state index contributed by atoms with van der Waals surface area (Å²) in [7, 11) is 1.74. The average molecular weight is 263 g/mol. The Morgan fingerprint density at radius 1 is 1.53 bits per heavy atom. The fourth-order valence-electron chi connectivity index (χ4n) is 1.71. The van der Waals surface area contributed by atoms with E-state index in [1.165, 1.54) is 6.33 Å². The number of aromatic nitrogens is 4. The van der Waals surface area contributed by atoms with Gasteiger partial charge in [0.1, 0.15) is 0 Å². The monoisotopic (exact) mass is 263 g/mol. The lowest BCUT2D eigenvalue weighted by atomic mass is 10.2. The number of carboxylic acid groups (broad SMARTS) is 1. The molecule has 1 amide bonds. The van der Waals surface area contributed by atoms with Crippen molar-refractivity contribution < 1.29 is 14.7 Å². The number of aryl methyl sites for hydroxylation is 2. The number of carbonyl (C=O) groups excluding carboxylic acids is 1. The van der Waals surface area contributed by atoms with Crippen molar-refractivity contribution in [2.45, 2.75) is 13.3 Å². The van der Waals surface area contributed by atoms with E-state index in [0.29, 0.717) is 12.1 Å². The number of aromatic carboxylic acids is 1. The molecular weight excluding hydrogens is 250 g/mol. The number of carbonyl (C=O) groups is 2. The second-order valence-corrected chi connectivity index (χ2v) is 3.90. The van der Waals surface area contributed by atoms with Gasteiger partial charge in [0.15, 0.2) is 11.4 Å². The molecule has 19 heavy (non-hydrogen) atoms. The van der Waals surface area contributed by atoms with Crippen molar-refractivity contribution in [3.8, 4) is 0 Å². The van der Waals surface area contributed by atoms with Crippen molar-refractivity contribution in [2.75, 3.05) is 5.32 Å². The van der Waals surface area contributed by atoms with Gasteiger partial charge in [-0.2, -0.15) is 5.10 Å². The van der Waals surface area contributed by atoms with Crippen molar-refractivity contribution in [2.24, 2.45) is 7.05 Å². The molecule has 2 aromatic rings. The molecule has 0 unspecified atom stereocenters.